The van der Waals surface area contributed by atoms with E-state index >= 15 is 0 Å². The summed E-state index contributed by atoms with van der Waals surface area (Å²) < 4.78 is 76.2. The highest BCUT2D eigenvalue weighted by Gasteiger charge is 2.35. The van der Waals surface area contributed by atoms with Crippen LogP contribution in [0.4, 0.5) is 33.3 Å². The van der Waals surface area contributed by atoms with E-state index in [1.54, 1.807) is 17.9 Å². The first kappa shape index (κ1) is 37.1. The van der Waals surface area contributed by atoms with Crippen LogP contribution in [-0.4, -0.2) is 87.7 Å². The third kappa shape index (κ3) is 7.77. The van der Waals surface area contributed by atoms with Crippen LogP contribution in [0.5, 0.6) is 0 Å². The minimum atomic E-state index is -4.92. The van der Waals surface area contributed by atoms with Gasteiger partial charge in [0, 0.05) is 31.9 Å². The van der Waals surface area contributed by atoms with Crippen LogP contribution in [-0.2, 0) is 33.5 Å². The normalized spacial score (nSPS) is 15.0. The minimum Gasteiger partial charge on any atom is -0.377 e. The predicted octanol–water partition coefficient (Wildman–Crippen LogP) is 3.58. The van der Waals surface area contributed by atoms with Crippen molar-refractivity contribution in [3.8, 4) is 0 Å². The molecule has 13 nitrogen and oxygen atoms in total. The van der Waals surface area contributed by atoms with Crippen LogP contribution in [0.1, 0.15) is 46.3 Å². The Morgan fingerprint density at radius 2 is 1.75 bits per heavy atom. The zero-order valence-corrected chi connectivity index (χ0v) is 28.7. The van der Waals surface area contributed by atoms with Crippen LogP contribution in [0.3, 0.4) is 0 Å². The first-order chi connectivity index (χ1) is 25.3. The predicted molar refractivity (Wildman–Crippen MR) is 182 cm³/mol. The molecule has 1 saturated heterocycles. The largest absolute Gasteiger partial charge is 0.419 e. The smallest absolute Gasteiger partial charge is 0.377 e. The zero-order chi connectivity index (χ0) is 38.0. The van der Waals surface area contributed by atoms with E-state index in [0.29, 0.717) is 37.5 Å². The molecule has 2 aromatic heterocycles. The van der Waals surface area contributed by atoms with E-state index in [0.717, 1.165) is 16.2 Å². The van der Waals surface area contributed by atoms with Crippen LogP contribution in [0, 0.1) is 18.6 Å². The number of rotatable bonds is 9. The molecule has 1 fully saturated rings. The number of alkyl halides is 3. The monoisotopic (exact) mass is 742 g/mol. The molecule has 4 heterocycles. The molecule has 4 aromatic rings. The van der Waals surface area contributed by atoms with E-state index in [4.69, 9.17) is 4.74 Å². The van der Waals surface area contributed by atoms with Gasteiger partial charge in [-0.2, -0.15) is 22.7 Å². The van der Waals surface area contributed by atoms with Gasteiger partial charge in [0.25, 0.3) is 11.5 Å². The molecule has 0 unspecified atom stereocenters. The number of aryl methyl sites for hydroxylation is 1. The number of benzene rings is 2. The van der Waals surface area contributed by atoms with Gasteiger partial charge in [0.05, 0.1) is 36.6 Å². The molecule has 2 aliphatic rings. The van der Waals surface area contributed by atoms with Crippen molar-refractivity contribution >= 4 is 40.4 Å². The second kappa shape index (κ2) is 15.1. The van der Waals surface area contributed by atoms with Crippen LogP contribution in [0.2, 0.25) is 0 Å². The fraction of sp³-hybridized carbons (Fsp3) is 0.371. The molecule has 0 radical (unpaired) electrons. The number of amides is 3. The van der Waals surface area contributed by atoms with Gasteiger partial charge in [-0.25, -0.2) is 8.78 Å². The van der Waals surface area contributed by atoms with Gasteiger partial charge in [-0.05, 0) is 55.2 Å². The van der Waals surface area contributed by atoms with Crippen molar-refractivity contribution in [1.29, 1.82) is 0 Å². The molecule has 3 amide bonds. The van der Waals surface area contributed by atoms with Crippen molar-refractivity contribution in [3.63, 3.8) is 0 Å². The lowest BCUT2D eigenvalue weighted by atomic mass is 10.1. The highest BCUT2D eigenvalue weighted by atomic mass is 19.4. The van der Waals surface area contributed by atoms with Crippen molar-refractivity contribution in [2.45, 2.75) is 39.4 Å². The van der Waals surface area contributed by atoms with Crippen molar-refractivity contribution in [2.24, 2.45) is 0 Å². The Bertz CT molecular complexity index is 2170. The SMILES string of the molecule is CCc1c(N2CCN(C(=O)CNC(=O)c3ccccc3F)CC2)c(=O)n2nc(C3=CCOCC3)nc2n1CC(=O)Nc1cc(F)c(C(F)(F)F)cc1C. The molecule has 0 atom stereocenters. The molecule has 6 rings (SSSR count). The Balaban J connectivity index is 1.27. The quantitative estimate of drug-likeness (QED) is 0.248. The van der Waals surface area contributed by atoms with E-state index in [1.165, 1.54) is 34.6 Å². The van der Waals surface area contributed by atoms with Gasteiger partial charge >= 0.3 is 6.18 Å². The number of hydrogen-bond acceptors (Lipinski definition) is 8. The fourth-order valence-corrected chi connectivity index (χ4v) is 6.35. The molecule has 2 N–H and O–H groups in total. The van der Waals surface area contributed by atoms with Crippen LogP contribution < -0.4 is 21.1 Å². The van der Waals surface area contributed by atoms with Crippen molar-refractivity contribution in [3.05, 3.63) is 92.7 Å². The number of fused-ring (bicyclic) bond motifs is 1. The number of aromatic nitrogens is 4. The maximum absolute atomic E-state index is 14.4. The van der Waals surface area contributed by atoms with Crippen molar-refractivity contribution in [2.75, 3.05) is 56.2 Å². The van der Waals surface area contributed by atoms with Crippen LogP contribution in [0.15, 0.2) is 47.3 Å². The molecule has 53 heavy (non-hydrogen) atoms. The molecule has 18 heteroatoms. The molecular weight excluding hydrogens is 707 g/mol. The number of anilines is 2. The maximum atomic E-state index is 14.4. The Morgan fingerprint density at radius 1 is 1.02 bits per heavy atom. The number of nitrogens with zero attached hydrogens (tertiary/aromatic N) is 6. The Hall–Kier alpha value is -5.65. The molecule has 0 saturated carbocycles. The average Bonchev–Trinajstić information content (AvgIpc) is 3.59. The van der Waals surface area contributed by atoms with Gasteiger partial charge < -0.3 is 29.7 Å². The summed E-state index contributed by atoms with van der Waals surface area (Å²) in [5.74, 6) is -3.82. The maximum Gasteiger partial charge on any atom is 0.419 e. The van der Waals surface area contributed by atoms with Gasteiger partial charge in [-0.1, -0.05) is 25.1 Å². The molecule has 280 valence electrons. The summed E-state index contributed by atoms with van der Waals surface area (Å²) in [6.07, 6.45) is -2.41. The minimum absolute atomic E-state index is 0.0102. The lowest BCUT2D eigenvalue weighted by Crippen LogP contribution is -2.52. The molecule has 0 aliphatic carbocycles. The van der Waals surface area contributed by atoms with Crippen LogP contribution >= 0.6 is 0 Å². The first-order valence-electron chi connectivity index (χ1n) is 16.8. The van der Waals surface area contributed by atoms with Gasteiger partial charge in [0.2, 0.25) is 17.6 Å². The number of hydrogen-bond donors (Lipinski definition) is 2. The Kier molecular flexibility index (Phi) is 10.6. The zero-order valence-electron chi connectivity index (χ0n) is 28.7. The lowest BCUT2D eigenvalue weighted by Gasteiger charge is -2.36. The highest BCUT2D eigenvalue weighted by Crippen LogP contribution is 2.34. The number of nitrogens with one attached hydrogen (secondary N) is 2. The number of ether oxygens (including phenoxy) is 1. The molecular formula is C35H35F5N8O5. The summed E-state index contributed by atoms with van der Waals surface area (Å²) >= 11 is 0. The number of piperazine rings is 1. The lowest BCUT2D eigenvalue weighted by molar-refractivity contribution is -0.140. The topological polar surface area (TPSA) is 143 Å². The second-order valence-electron chi connectivity index (χ2n) is 12.5. The number of carbonyl (C=O) groups is 3. The third-order valence-electron chi connectivity index (χ3n) is 9.07. The van der Waals surface area contributed by atoms with E-state index in [2.05, 4.69) is 20.7 Å². The summed E-state index contributed by atoms with van der Waals surface area (Å²) in [5, 5.41) is 9.42. The van der Waals surface area contributed by atoms with Crippen molar-refractivity contribution < 1.29 is 41.1 Å². The van der Waals surface area contributed by atoms with Gasteiger partial charge in [0.1, 0.15) is 23.9 Å². The number of halogens is 5. The Morgan fingerprint density at radius 3 is 2.42 bits per heavy atom. The Labute approximate surface area is 299 Å². The van der Waals surface area contributed by atoms with E-state index in [9.17, 15) is 41.1 Å². The standard InChI is InChI=1S/C35H35F5N8O5/c1-3-27-30(46-12-10-45(11-13-46)29(50)18-41-32(51)22-6-4-5-7-24(22)36)33(52)48-34(43-31(44-48)21-8-14-53-15-9-21)47(27)19-28(49)42-26-17-25(37)23(16-20(26)2)35(38,39)40/h4-8,16-17H,3,9-15,18-19H2,1-2H3,(H,41,51)(H,42,49). The van der Waals surface area contributed by atoms with Gasteiger partial charge in [0.15, 0.2) is 5.82 Å². The first-order valence-corrected chi connectivity index (χ1v) is 16.8. The van der Waals surface area contributed by atoms with E-state index in [1.807, 2.05) is 0 Å². The summed E-state index contributed by atoms with van der Waals surface area (Å²) in [6, 6.07) is 6.63. The average molecular weight is 743 g/mol. The fourth-order valence-electron chi connectivity index (χ4n) is 6.35. The van der Waals surface area contributed by atoms with Gasteiger partial charge in [-0.3, -0.25) is 19.2 Å². The third-order valence-corrected chi connectivity index (χ3v) is 9.07. The van der Waals surface area contributed by atoms with Gasteiger partial charge in [-0.15, -0.1) is 5.10 Å². The van der Waals surface area contributed by atoms with E-state index in [-0.39, 0.29) is 73.2 Å². The summed E-state index contributed by atoms with van der Waals surface area (Å²) in [7, 11) is 0. The molecule has 0 bridgehead atoms. The number of carbonyl (C=O) groups excluding carboxylic acids is 3. The van der Waals surface area contributed by atoms with Crippen LogP contribution in [0.25, 0.3) is 11.4 Å². The summed E-state index contributed by atoms with van der Waals surface area (Å²) in [5.41, 5.74) is -0.978. The molecule has 0 spiro atoms. The summed E-state index contributed by atoms with van der Waals surface area (Å²) in [6.45, 7) is 3.73. The van der Waals surface area contributed by atoms with E-state index < -0.39 is 53.2 Å². The second-order valence-corrected chi connectivity index (χ2v) is 12.5. The highest BCUT2D eigenvalue weighted by molar-refractivity contribution is 5.96. The van der Waals surface area contributed by atoms with Crippen molar-refractivity contribution in [1.82, 2.24) is 29.4 Å². The molecule has 2 aromatic carbocycles. The summed E-state index contributed by atoms with van der Waals surface area (Å²) in [4.78, 5) is 61.0. The molecule has 2 aliphatic heterocycles.